The highest BCUT2D eigenvalue weighted by Crippen LogP contribution is 2.38. The lowest BCUT2D eigenvalue weighted by Gasteiger charge is -2.19. The number of carboxylic acid groups (broad SMARTS) is 1. The molecule has 1 aromatic carbocycles. The first-order valence-corrected chi connectivity index (χ1v) is 4.23. The minimum Gasteiger partial charge on any atom is -0.505 e. The molecule has 0 aliphatic carbocycles. The molecule has 0 aliphatic rings. The number of phenols is 1. The Bertz CT molecular complexity index is 458. The maximum absolute atomic E-state index is 12.9. The van der Waals surface area contributed by atoms with Crippen molar-refractivity contribution in [3.8, 4) is 5.75 Å². The van der Waals surface area contributed by atoms with Gasteiger partial charge in [-0.15, -0.1) is 0 Å². The van der Waals surface area contributed by atoms with Crippen molar-refractivity contribution in [3.63, 3.8) is 0 Å². The van der Waals surface area contributed by atoms with Crippen LogP contribution in [0.2, 0.25) is 0 Å². The van der Waals surface area contributed by atoms with E-state index < -0.39 is 40.9 Å². The zero-order valence-electron chi connectivity index (χ0n) is 8.12. The van der Waals surface area contributed by atoms with Gasteiger partial charge in [0.1, 0.15) is 6.04 Å². The average molecular weight is 253 g/mol. The van der Waals surface area contributed by atoms with Gasteiger partial charge >= 0.3 is 12.1 Å². The van der Waals surface area contributed by atoms with Gasteiger partial charge in [0, 0.05) is 5.56 Å². The van der Waals surface area contributed by atoms with Crippen molar-refractivity contribution in [1.82, 2.24) is 0 Å². The second-order valence-corrected chi connectivity index (χ2v) is 3.18. The second kappa shape index (κ2) is 4.21. The minimum absolute atomic E-state index is 0.547. The predicted octanol–water partition coefficient (Wildman–Crippen LogP) is 1.79. The lowest BCUT2D eigenvalue weighted by molar-refractivity contribution is -0.149. The smallest absolute Gasteiger partial charge is 0.407 e. The summed E-state index contributed by atoms with van der Waals surface area (Å²) in [7, 11) is 0. The van der Waals surface area contributed by atoms with Crippen LogP contribution in [-0.4, -0.2) is 22.4 Å². The van der Waals surface area contributed by atoms with E-state index in [1.54, 1.807) is 0 Å². The fraction of sp³-hybridized carbons (Fsp3) is 0.222. The molecule has 1 rings (SSSR count). The summed E-state index contributed by atoms with van der Waals surface area (Å²) in [6, 6.07) is -1.62. The van der Waals surface area contributed by atoms with E-state index in [4.69, 9.17) is 15.9 Å². The molecule has 0 heterocycles. The van der Waals surface area contributed by atoms with Crippen LogP contribution in [0.15, 0.2) is 12.1 Å². The molecule has 0 radical (unpaired) electrons. The molecule has 0 unspecified atom stereocenters. The summed E-state index contributed by atoms with van der Waals surface area (Å²) < 4.78 is 49.9. The van der Waals surface area contributed by atoms with E-state index in [1.165, 1.54) is 0 Å². The fourth-order valence-electron chi connectivity index (χ4n) is 1.25. The lowest BCUT2D eigenvalue weighted by Crippen LogP contribution is -2.30. The van der Waals surface area contributed by atoms with Gasteiger partial charge in [0.2, 0.25) is 0 Å². The first kappa shape index (κ1) is 13.2. The number of aromatic hydroxyl groups is 1. The predicted molar refractivity (Wildman–Crippen MR) is 48.0 cm³/mol. The maximum Gasteiger partial charge on any atom is 0.407 e. The van der Waals surface area contributed by atoms with Crippen LogP contribution in [0.1, 0.15) is 22.0 Å². The van der Waals surface area contributed by atoms with Crippen molar-refractivity contribution < 1.29 is 32.6 Å². The van der Waals surface area contributed by atoms with Crippen molar-refractivity contribution in [2.75, 3.05) is 0 Å². The van der Waals surface area contributed by atoms with Crippen LogP contribution in [0.25, 0.3) is 0 Å². The van der Waals surface area contributed by atoms with Crippen LogP contribution in [0.4, 0.5) is 17.6 Å². The molecule has 8 heteroatoms. The van der Waals surface area contributed by atoms with E-state index in [1.807, 2.05) is 0 Å². The number of phenolic OH excluding ortho intramolecular Hbond substituents is 1. The van der Waals surface area contributed by atoms with Gasteiger partial charge in [-0.2, -0.15) is 13.2 Å². The summed E-state index contributed by atoms with van der Waals surface area (Å²) in [6.45, 7) is 0. The van der Waals surface area contributed by atoms with Crippen LogP contribution < -0.4 is 5.73 Å². The summed E-state index contributed by atoms with van der Waals surface area (Å²) in [5.74, 6) is -4.52. The van der Waals surface area contributed by atoms with E-state index >= 15 is 0 Å². The molecule has 0 amide bonds. The molecule has 0 aliphatic heterocycles. The molecular weight excluding hydrogens is 246 g/mol. The van der Waals surface area contributed by atoms with E-state index in [2.05, 4.69) is 0 Å². The molecule has 0 saturated carbocycles. The molecule has 0 bridgehead atoms. The zero-order valence-corrected chi connectivity index (χ0v) is 8.12. The summed E-state index contributed by atoms with van der Waals surface area (Å²) in [5, 5.41) is 17.8. The third-order valence-corrected chi connectivity index (χ3v) is 2.06. The lowest BCUT2D eigenvalue weighted by atomic mass is 9.99. The van der Waals surface area contributed by atoms with Crippen molar-refractivity contribution in [2.24, 2.45) is 5.73 Å². The SMILES string of the molecule is N[C@H](c1c(C(=O)O)ccc(F)c1O)C(F)(F)F. The van der Waals surface area contributed by atoms with Crippen molar-refractivity contribution >= 4 is 5.97 Å². The van der Waals surface area contributed by atoms with Gasteiger partial charge in [-0.25, -0.2) is 9.18 Å². The summed E-state index contributed by atoms with van der Waals surface area (Å²) in [6.07, 6.45) is -4.99. The summed E-state index contributed by atoms with van der Waals surface area (Å²) >= 11 is 0. The van der Waals surface area contributed by atoms with Crippen LogP contribution in [0.3, 0.4) is 0 Å². The second-order valence-electron chi connectivity index (χ2n) is 3.18. The number of aromatic carboxylic acids is 1. The first-order valence-electron chi connectivity index (χ1n) is 4.23. The Morgan fingerprint density at radius 2 is 1.88 bits per heavy atom. The average Bonchev–Trinajstić information content (AvgIpc) is 2.19. The number of rotatable bonds is 2. The Kier molecular flexibility index (Phi) is 3.28. The standard InChI is InChI=1S/C9H7F4NO3/c10-4-2-1-3(8(16)17)5(6(4)15)7(14)9(11,12)13/h1-2,7,15H,14H2,(H,16,17)/t7-/m1/s1. The normalized spacial score (nSPS) is 13.5. The zero-order chi connectivity index (χ0) is 13.4. The van der Waals surface area contributed by atoms with Gasteiger partial charge in [0.25, 0.3) is 0 Å². The Balaban J connectivity index is 3.49. The van der Waals surface area contributed by atoms with Gasteiger partial charge < -0.3 is 15.9 Å². The van der Waals surface area contributed by atoms with Gasteiger partial charge in [-0.05, 0) is 12.1 Å². The van der Waals surface area contributed by atoms with E-state index in [0.29, 0.717) is 12.1 Å². The van der Waals surface area contributed by atoms with Gasteiger partial charge in [-0.1, -0.05) is 0 Å². The monoisotopic (exact) mass is 253 g/mol. The Hall–Kier alpha value is -1.83. The van der Waals surface area contributed by atoms with Crippen molar-refractivity contribution in [3.05, 3.63) is 29.1 Å². The van der Waals surface area contributed by atoms with E-state index in [-0.39, 0.29) is 0 Å². The molecule has 0 aromatic heterocycles. The Morgan fingerprint density at radius 3 is 2.29 bits per heavy atom. The topological polar surface area (TPSA) is 83.6 Å². The van der Waals surface area contributed by atoms with E-state index in [9.17, 15) is 22.4 Å². The van der Waals surface area contributed by atoms with Crippen molar-refractivity contribution in [1.29, 1.82) is 0 Å². The number of benzene rings is 1. The number of carbonyl (C=O) groups is 1. The maximum atomic E-state index is 12.9. The van der Waals surface area contributed by atoms with Crippen LogP contribution >= 0.6 is 0 Å². The summed E-state index contributed by atoms with van der Waals surface area (Å²) in [5.41, 5.74) is 2.68. The highest BCUT2D eigenvalue weighted by molar-refractivity contribution is 5.90. The highest BCUT2D eigenvalue weighted by Gasteiger charge is 2.42. The number of nitrogens with two attached hydrogens (primary N) is 1. The molecule has 0 spiro atoms. The molecule has 4 N–H and O–H groups in total. The summed E-state index contributed by atoms with van der Waals surface area (Å²) in [4.78, 5) is 10.7. The molecule has 1 atom stereocenters. The molecular formula is C9H7F4NO3. The van der Waals surface area contributed by atoms with Crippen LogP contribution in [0.5, 0.6) is 5.75 Å². The van der Waals surface area contributed by atoms with Gasteiger partial charge in [-0.3, -0.25) is 0 Å². The van der Waals surface area contributed by atoms with E-state index in [0.717, 1.165) is 0 Å². The van der Waals surface area contributed by atoms with Crippen LogP contribution in [-0.2, 0) is 0 Å². The molecule has 0 saturated heterocycles. The largest absolute Gasteiger partial charge is 0.505 e. The third-order valence-electron chi connectivity index (χ3n) is 2.06. The number of carboxylic acids is 1. The van der Waals surface area contributed by atoms with Gasteiger partial charge in [0.05, 0.1) is 5.56 Å². The van der Waals surface area contributed by atoms with Gasteiger partial charge in [0.15, 0.2) is 11.6 Å². The molecule has 1 aromatic rings. The molecule has 17 heavy (non-hydrogen) atoms. The minimum atomic E-state index is -4.99. The molecule has 0 fully saturated rings. The Labute approximate surface area is 92.3 Å². The Morgan fingerprint density at radius 1 is 1.35 bits per heavy atom. The molecule has 4 nitrogen and oxygen atoms in total. The van der Waals surface area contributed by atoms with Crippen molar-refractivity contribution in [2.45, 2.75) is 12.2 Å². The number of alkyl halides is 3. The number of hydrogen-bond acceptors (Lipinski definition) is 3. The van der Waals surface area contributed by atoms with Crippen LogP contribution in [0, 0.1) is 5.82 Å². The number of hydrogen-bond donors (Lipinski definition) is 3. The molecule has 94 valence electrons. The highest BCUT2D eigenvalue weighted by atomic mass is 19.4. The first-order chi connectivity index (χ1) is 7.66. The third kappa shape index (κ3) is 2.47. The fourth-order valence-corrected chi connectivity index (χ4v) is 1.25. The quantitative estimate of drug-likeness (QED) is 0.701. The number of halogens is 4.